The largest absolute Gasteiger partial charge is 0.287 e. The van der Waals surface area contributed by atoms with E-state index in [0.29, 0.717) is 5.69 Å². The third-order valence-electron chi connectivity index (χ3n) is 3.49. The van der Waals surface area contributed by atoms with Crippen molar-refractivity contribution in [2.75, 3.05) is 0 Å². The average Bonchev–Trinajstić information content (AvgIpc) is 3.11. The number of hydrogen-bond donors (Lipinski definition) is 0. The van der Waals surface area contributed by atoms with E-state index in [2.05, 4.69) is 10.3 Å². The summed E-state index contributed by atoms with van der Waals surface area (Å²) in [6, 6.07) is 19.5. The first-order chi connectivity index (χ1) is 11.7. The summed E-state index contributed by atoms with van der Waals surface area (Å²) in [6.45, 7) is 1.96. The van der Waals surface area contributed by atoms with Crippen molar-refractivity contribution in [3.05, 3.63) is 95.8 Å². The van der Waals surface area contributed by atoms with Gasteiger partial charge in [0, 0.05) is 0 Å². The smallest absolute Gasteiger partial charge is 0.205 e. The second kappa shape index (κ2) is 7.33. The van der Waals surface area contributed by atoms with Gasteiger partial charge in [-0.2, -0.15) is 0 Å². The van der Waals surface area contributed by atoms with Gasteiger partial charge in [0.1, 0.15) is 5.69 Å². The molecule has 0 spiro atoms. The van der Waals surface area contributed by atoms with Crippen LogP contribution in [0.5, 0.6) is 0 Å². The Balaban J connectivity index is 1.79. The normalized spacial score (nSPS) is 11.8. The van der Waals surface area contributed by atoms with Crippen molar-refractivity contribution < 1.29 is 4.79 Å². The maximum Gasteiger partial charge on any atom is 0.205 e. The van der Waals surface area contributed by atoms with Crippen molar-refractivity contribution in [3.8, 4) is 5.69 Å². The van der Waals surface area contributed by atoms with Gasteiger partial charge in [-0.3, -0.25) is 4.79 Å². The summed E-state index contributed by atoms with van der Waals surface area (Å²) in [6.07, 6.45) is 6.86. The van der Waals surface area contributed by atoms with E-state index in [9.17, 15) is 4.79 Å². The molecule has 1 aromatic heterocycles. The molecule has 0 saturated heterocycles. The molecular formula is C20H17N3O. The van der Waals surface area contributed by atoms with Crippen LogP contribution < -0.4 is 0 Å². The molecular weight excluding hydrogens is 298 g/mol. The van der Waals surface area contributed by atoms with E-state index in [1.165, 1.54) is 6.20 Å². The molecule has 0 atom stereocenters. The number of hydrogen-bond acceptors (Lipinski definition) is 3. The summed E-state index contributed by atoms with van der Waals surface area (Å²) in [5.74, 6) is -0.135. The van der Waals surface area contributed by atoms with E-state index in [1.54, 1.807) is 16.8 Å². The molecule has 24 heavy (non-hydrogen) atoms. The lowest BCUT2D eigenvalue weighted by Crippen LogP contribution is -2.06. The molecule has 4 heteroatoms. The van der Waals surface area contributed by atoms with Crippen LogP contribution in [-0.4, -0.2) is 20.8 Å². The van der Waals surface area contributed by atoms with Crippen molar-refractivity contribution in [1.82, 2.24) is 15.0 Å². The molecule has 1 heterocycles. The lowest BCUT2D eigenvalue weighted by Gasteiger charge is -2.03. The highest BCUT2D eigenvalue weighted by molar-refractivity contribution is 6.03. The van der Waals surface area contributed by atoms with E-state index < -0.39 is 0 Å². The fourth-order valence-electron chi connectivity index (χ4n) is 2.32. The number of carbonyl (C=O) groups is 1. The molecule has 0 bridgehead atoms. The van der Waals surface area contributed by atoms with Crippen molar-refractivity contribution in [3.63, 3.8) is 0 Å². The van der Waals surface area contributed by atoms with Crippen molar-refractivity contribution in [2.24, 2.45) is 0 Å². The lowest BCUT2D eigenvalue weighted by molar-refractivity contribution is 0.104. The van der Waals surface area contributed by atoms with Gasteiger partial charge in [-0.05, 0) is 30.7 Å². The van der Waals surface area contributed by atoms with Gasteiger partial charge in [-0.1, -0.05) is 71.5 Å². The number of allylic oxidation sites excluding steroid dienone is 3. The van der Waals surface area contributed by atoms with Gasteiger partial charge in [0.2, 0.25) is 5.78 Å². The standard InChI is InChI=1S/C20H17N3O/c1-16(14-17-8-4-2-5-9-17)12-13-20(24)19-15-21-22-23(19)18-10-6-3-7-11-18/h2-15H,1H3. The zero-order valence-corrected chi connectivity index (χ0v) is 13.3. The number of ketones is 1. The van der Waals surface area contributed by atoms with Crippen LogP contribution >= 0.6 is 0 Å². The Labute approximate surface area is 140 Å². The van der Waals surface area contributed by atoms with Gasteiger partial charge in [-0.25, -0.2) is 4.68 Å². The van der Waals surface area contributed by atoms with Gasteiger partial charge in [-0.15, -0.1) is 5.10 Å². The van der Waals surface area contributed by atoms with Crippen LogP contribution in [-0.2, 0) is 0 Å². The number of rotatable bonds is 5. The van der Waals surface area contributed by atoms with Crippen molar-refractivity contribution in [2.45, 2.75) is 6.92 Å². The maximum atomic E-state index is 12.4. The Morgan fingerprint density at radius 2 is 1.62 bits per heavy atom. The summed E-state index contributed by atoms with van der Waals surface area (Å²) < 4.78 is 1.54. The SMILES string of the molecule is CC(C=CC(=O)c1cnnn1-c1ccccc1)=Cc1ccccc1. The van der Waals surface area contributed by atoms with Crippen molar-refractivity contribution >= 4 is 11.9 Å². The topological polar surface area (TPSA) is 47.8 Å². The van der Waals surface area contributed by atoms with Crippen molar-refractivity contribution in [1.29, 1.82) is 0 Å². The highest BCUT2D eigenvalue weighted by Crippen LogP contribution is 2.11. The lowest BCUT2D eigenvalue weighted by atomic mass is 10.1. The number of para-hydroxylation sites is 1. The van der Waals surface area contributed by atoms with Crippen LogP contribution in [0.15, 0.2) is 84.6 Å². The molecule has 0 fully saturated rings. The zero-order valence-electron chi connectivity index (χ0n) is 13.3. The predicted molar refractivity (Wildman–Crippen MR) is 94.9 cm³/mol. The monoisotopic (exact) mass is 315 g/mol. The molecule has 118 valence electrons. The number of nitrogens with zero attached hydrogens (tertiary/aromatic N) is 3. The first kappa shape index (κ1) is 15.6. The van der Waals surface area contributed by atoms with Gasteiger partial charge >= 0.3 is 0 Å². The minimum absolute atomic E-state index is 0.135. The summed E-state index contributed by atoms with van der Waals surface area (Å²) >= 11 is 0. The molecule has 0 aliphatic rings. The Morgan fingerprint density at radius 1 is 0.958 bits per heavy atom. The molecule has 0 unspecified atom stereocenters. The molecule has 2 aromatic carbocycles. The minimum Gasteiger partial charge on any atom is -0.287 e. The second-order valence-corrected chi connectivity index (χ2v) is 5.36. The maximum absolute atomic E-state index is 12.4. The number of carbonyl (C=O) groups excluding carboxylic acids is 1. The number of aromatic nitrogens is 3. The molecule has 0 radical (unpaired) electrons. The molecule has 4 nitrogen and oxygen atoms in total. The highest BCUT2D eigenvalue weighted by atomic mass is 16.1. The Bertz CT molecular complexity index is 878. The van der Waals surface area contributed by atoms with E-state index in [-0.39, 0.29) is 5.78 Å². The second-order valence-electron chi connectivity index (χ2n) is 5.36. The molecule has 0 amide bonds. The molecule has 3 rings (SSSR count). The Kier molecular flexibility index (Phi) is 4.77. The highest BCUT2D eigenvalue weighted by Gasteiger charge is 2.11. The van der Waals surface area contributed by atoms with Crippen LogP contribution in [0.2, 0.25) is 0 Å². The number of benzene rings is 2. The van der Waals surface area contributed by atoms with E-state index in [1.807, 2.05) is 73.7 Å². The molecule has 0 aliphatic heterocycles. The average molecular weight is 315 g/mol. The van der Waals surface area contributed by atoms with E-state index in [4.69, 9.17) is 0 Å². The molecule has 0 aliphatic carbocycles. The first-order valence-corrected chi connectivity index (χ1v) is 7.66. The molecule has 3 aromatic rings. The van der Waals surface area contributed by atoms with Crippen LogP contribution in [0.4, 0.5) is 0 Å². The fraction of sp³-hybridized carbons (Fsp3) is 0.0500. The zero-order chi connectivity index (χ0) is 16.8. The summed E-state index contributed by atoms with van der Waals surface area (Å²) in [7, 11) is 0. The predicted octanol–water partition coefficient (Wildman–Crippen LogP) is 4.11. The van der Waals surface area contributed by atoms with Gasteiger partial charge in [0.05, 0.1) is 11.9 Å². The van der Waals surface area contributed by atoms with E-state index in [0.717, 1.165) is 16.8 Å². The minimum atomic E-state index is -0.135. The summed E-state index contributed by atoms with van der Waals surface area (Å²) in [4.78, 5) is 12.4. The van der Waals surface area contributed by atoms with Gasteiger partial charge < -0.3 is 0 Å². The first-order valence-electron chi connectivity index (χ1n) is 7.66. The van der Waals surface area contributed by atoms with Crippen LogP contribution in [0.1, 0.15) is 23.0 Å². The molecule has 0 N–H and O–H groups in total. The van der Waals surface area contributed by atoms with Crippen LogP contribution in [0.3, 0.4) is 0 Å². The van der Waals surface area contributed by atoms with Crippen LogP contribution in [0.25, 0.3) is 11.8 Å². The quantitative estimate of drug-likeness (QED) is 0.404. The summed E-state index contributed by atoms with van der Waals surface area (Å²) in [5, 5.41) is 7.86. The Morgan fingerprint density at radius 3 is 2.33 bits per heavy atom. The summed E-state index contributed by atoms with van der Waals surface area (Å²) in [5.41, 5.74) is 3.34. The Hall–Kier alpha value is -3.27. The van der Waals surface area contributed by atoms with E-state index >= 15 is 0 Å². The third kappa shape index (κ3) is 3.73. The fourth-order valence-corrected chi connectivity index (χ4v) is 2.32. The van der Waals surface area contributed by atoms with Crippen LogP contribution in [0, 0.1) is 0 Å². The van der Waals surface area contributed by atoms with Gasteiger partial charge in [0.15, 0.2) is 0 Å². The molecule has 0 saturated carbocycles. The third-order valence-corrected chi connectivity index (χ3v) is 3.49. The van der Waals surface area contributed by atoms with Gasteiger partial charge in [0.25, 0.3) is 0 Å².